The fourth-order valence-electron chi connectivity index (χ4n) is 2.22. The van der Waals surface area contributed by atoms with Gasteiger partial charge in [-0.25, -0.2) is 9.37 Å². The van der Waals surface area contributed by atoms with Gasteiger partial charge in [-0.2, -0.15) is 0 Å². The summed E-state index contributed by atoms with van der Waals surface area (Å²) in [6.07, 6.45) is 1.62. The summed E-state index contributed by atoms with van der Waals surface area (Å²) >= 11 is 0. The normalized spacial score (nSPS) is 12.1. The van der Waals surface area contributed by atoms with E-state index in [4.69, 9.17) is 9.15 Å². The fourth-order valence-corrected chi connectivity index (χ4v) is 3.30. The molecule has 0 saturated heterocycles. The molecule has 0 bridgehead atoms. The third-order valence-corrected chi connectivity index (χ3v) is 4.68. The van der Waals surface area contributed by atoms with E-state index in [-0.39, 0.29) is 11.6 Å². The Labute approximate surface area is 141 Å². The molecule has 3 rings (SSSR count). The number of oxazole rings is 1. The Morgan fingerprint density at radius 3 is 2.46 bits per heavy atom. The number of methoxy groups -OCH3 is 1. The second-order valence-electron chi connectivity index (χ2n) is 5.20. The lowest BCUT2D eigenvalue weighted by Gasteiger charge is -2.01. The van der Waals surface area contributed by atoms with Crippen LogP contribution in [0, 0.1) is 5.82 Å². The van der Waals surface area contributed by atoms with Gasteiger partial charge in [0.2, 0.25) is 5.89 Å². The fraction of sp³-hybridized carbons (Fsp3) is 0.167. The number of ether oxygens (including phenoxy) is 1. The van der Waals surface area contributed by atoms with Gasteiger partial charge >= 0.3 is 0 Å². The highest BCUT2D eigenvalue weighted by atomic mass is 32.2. The van der Waals surface area contributed by atoms with Gasteiger partial charge in [-0.05, 0) is 42.0 Å². The van der Waals surface area contributed by atoms with Crippen molar-refractivity contribution in [1.29, 1.82) is 0 Å². The maximum absolute atomic E-state index is 12.9. The van der Waals surface area contributed by atoms with Crippen LogP contribution >= 0.6 is 0 Å². The van der Waals surface area contributed by atoms with Crippen LogP contribution in [0.25, 0.3) is 11.3 Å². The van der Waals surface area contributed by atoms with Gasteiger partial charge in [-0.15, -0.1) is 0 Å². The molecular formula is C18H16FNO3S. The van der Waals surface area contributed by atoms with E-state index >= 15 is 0 Å². The smallest absolute Gasteiger partial charge is 0.207 e. The maximum atomic E-state index is 12.9. The minimum atomic E-state index is -1.18. The van der Waals surface area contributed by atoms with Crippen LogP contribution in [-0.2, 0) is 22.3 Å². The molecule has 6 heteroatoms. The Hall–Kier alpha value is -2.47. The zero-order valence-corrected chi connectivity index (χ0v) is 13.9. The Bertz CT molecular complexity index is 828. The minimum absolute atomic E-state index is 0.216. The first kappa shape index (κ1) is 16.4. The molecular weight excluding hydrogens is 329 g/mol. The number of halogens is 1. The molecule has 0 fully saturated rings. The molecule has 0 spiro atoms. The van der Waals surface area contributed by atoms with E-state index in [1.54, 1.807) is 25.4 Å². The molecule has 1 unspecified atom stereocenters. The van der Waals surface area contributed by atoms with Crippen LogP contribution in [0.4, 0.5) is 4.39 Å². The lowest BCUT2D eigenvalue weighted by molar-refractivity contribution is 0.415. The van der Waals surface area contributed by atoms with Crippen LogP contribution in [0.2, 0.25) is 0 Å². The highest BCUT2D eigenvalue weighted by molar-refractivity contribution is 7.83. The molecule has 0 N–H and O–H groups in total. The van der Waals surface area contributed by atoms with Gasteiger partial charge in [-0.3, -0.25) is 4.21 Å². The van der Waals surface area contributed by atoms with Crippen LogP contribution in [-0.4, -0.2) is 16.3 Å². The van der Waals surface area contributed by atoms with E-state index in [0.717, 1.165) is 16.9 Å². The third kappa shape index (κ3) is 4.08. The Kier molecular flexibility index (Phi) is 5.05. The van der Waals surface area contributed by atoms with Crippen molar-refractivity contribution in [3.05, 3.63) is 72.0 Å². The summed E-state index contributed by atoms with van der Waals surface area (Å²) in [6, 6.07) is 13.4. The summed E-state index contributed by atoms with van der Waals surface area (Å²) in [7, 11) is 0.434. The first-order chi connectivity index (χ1) is 11.6. The van der Waals surface area contributed by atoms with E-state index in [2.05, 4.69) is 4.98 Å². The second kappa shape index (κ2) is 7.40. The largest absolute Gasteiger partial charge is 0.497 e. The standard InChI is InChI=1S/C18H16FNO3S/c1-22-16-8-4-14(5-9-16)17-10-20-18(23-17)12-24(21)11-13-2-6-15(19)7-3-13/h2-10H,11-12H2,1H3. The summed E-state index contributed by atoms with van der Waals surface area (Å²) in [6.45, 7) is 0. The van der Waals surface area contributed by atoms with Crippen molar-refractivity contribution in [3.63, 3.8) is 0 Å². The van der Waals surface area contributed by atoms with E-state index < -0.39 is 10.8 Å². The maximum Gasteiger partial charge on any atom is 0.207 e. The van der Waals surface area contributed by atoms with Gasteiger partial charge in [0, 0.05) is 22.1 Å². The van der Waals surface area contributed by atoms with Crippen LogP contribution in [0.1, 0.15) is 11.5 Å². The van der Waals surface area contributed by atoms with Crippen LogP contribution in [0.3, 0.4) is 0 Å². The van der Waals surface area contributed by atoms with E-state index in [1.807, 2.05) is 24.3 Å². The Morgan fingerprint density at radius 2 is 1.79 bits per heavy atom. The number of benzene rings is 2. The van der Waals surface area contributed by atoms with Crippen molar-refractivity contribution in [1.82, 2.24) is 4.98 Å². The topological polar surface area (TPSA) is 52.3 Å². The molecule has 4 nitrogen and oxygen atoms in total. The minimum Gasteiger partial charge on any atom is -0.497 e. The van der Waals surface area contributed by atoms with E-state index in [9.17, 15) is 8.60 Å². The van der Waals surface area contributed by atoms with Crippen LogP contribution in [0.15, 0.2) is 59.1 Å². The second-order valence-corrected chi connectivity index (χ2v) is 6.66. The number of aromatic nitrogens is 1. The predicted molar refractivity (Wildman–Crippen MR) is 90.4 cm³/mol. The first-order valence-corrected chi connectivity index (χ1v) is 8.81. The van der Waals surface area contributed by atoms with Gasteiger partial charge < -0.3 is 9.15 Å². The van der Waals surface area contributed by atoms with Crippen molar-refractivity contribution < 1.29 is 17.8 Å². The zero-order valence-electron chi connectivity index (χ0n) is 13.1. The quantitative estimate of drug-likeness (QED) is 0.679. The molecule has 3 aromatic rings. The number of hydrogen-bond acceptors (Lipinski definition) is 4. The zero-order chi connectivity index (χ0) is 16.9. The molecule has 0 aliphatic carbocycles. The van der Waals surface area contributed by atoms with Crippen LogP contribution < -0.4 is 4.74 Å². The summed E-state index contributed by atoms with van der Waals surface area (Å²) in [5.74, 6) is 2.04. The first-order valence-electron chi connectivity index (χ1n) is 7.32. The Morgan fingerprint density at radius 1 is 1.08 bits per heavy atom. The monoisotopic (exact) mass is 345 g/mol. The number of hydrogen-bond donors (Lipinski definition) is 0. The van der Waals surface area contributed by atoms with Gasteiger partial charge in [0.15, 0.2) is 5.76 Å². The predicted octanol–water partition coefficient (Wildman–Crippen LogP) is 3.94. The summed E-state index contributed by atoms with van der Waals surface area (Å²) in [5.41, 5.74) is 1.69. The van der Waals surface area contributed by atoms with Crippen molar-refractivity contribution in [2.45, 2.75) is 11.5 Å². The van der Waals surface area contributed by atoms with Crippen LogP contribution in [0.5, 0.6) is 5.75 Å². The number of nitrogens with zero attached hydrogens (tertiary/aromatic N) is 1. The number of rotatable bonds is 6. The Balaban J connectivity index is 1.64. The molecule has 24 heavy (non-hydrogen) atoms. The highest BCUT2D eigenvalue weighted by Crippen LogP contribution is 2.23. The molecule has 0 aliphatic rings. The average Bonchev–Trinajstić information content (AvgIpc) is 3.05. The van der Waals surface area contributed by atoms with Gasteiger partial charge in [0.1, 0.15) is 17.3 Å². The molecule has 0 amide bonds. The van der Waals surface area contributed by atoms with Gasteiger partial charge in [-0.1, -0.05) is 12.1 Å². The van der Waals surface area contributed by atoms with Gasteiger partial charge in [0.25, 0.3) is 0 Å². The lowest BCUT2D eigenvalue weighted by atomic mass is 10.2. The van der Waals surface area contributed by atoms with Gasteiger partial charge in [0.05, 0.1) is 13.3 Å². The summed E-state index contributed by atoms with van der Waals surface area (Å²) < 4.78 is 35.9. The van der Waals surface area contributed by atoms with E-state index in [0.29, 0.717) is 17.4 Å². The van der Waals surface area contributed by atoms with Crippen molar-refractivity contribution in [3.8, 4) is 17.1 Å². The third-order valence-electron chi connectivity index (χ3n) is 3.45. The van der Waals surface area contributed by atoms with E-state index in [1.165, 1.54) is 12.1 Å². The molecule has 0 radical (unpaired) electrons. The molecule has 1 atom stereocenters. The molecule has 0 aliphatic heterocycles. The highest BCUT2D eigenvalue weighted by Gasteiger charge is 2.11. The molecule has 1 heterocycles. The molecule has 0 saturated carbocycles. The summed E-state index contributed by atoms with van der Waals surface area (Å²) in [5, 5.41) is 0. The lowest BCUT2D eigenvalue weighted by Crippen LogP contribution is -1.99. The molecule has 1 aromatic heterocycles. The molecule has 2 aromatic carbocycles. The van der Waals surface area contributed by atoms with Crippen molar-refractivity contribution >= 4 is 10.8 Å². The average molecular weight is 345 g/mol. The summed E-state index contributed by atoms with van der Waals surface area (Å²) in [4.78, 5) is 4.18. The van der Waals surface area contributed by atoms with Crippen molar-refractivity contribution in [2.24, 2.45) is 0 Å². The SMILES string of the molecule is COc1ccc(-c2cnc(CS(=O)Cc3ccc(F)cc3)o2)cc1. The van der Waals surface area contributed by atoms with Crippen molar-refractivity contribution in [2.75, 3.05) is 7.11 Å². The molecule has 124 valence electrons.